The lowest BCUT2D eigenvalue weighted by Crippen LogP contribution is -2.04. The van der Waals surface area contributed by atoms with Gasteiger partial charge in [0, 0.05) is 21.5 Å². The molecule has 0 aliphatic heterocycles. The van der Waals surface area contributed by atoms with Crippen molar-refractivity contribution in [2.75, 3.05) is 5.32 Å². The van der Waals surface area contributed by atoms with Crippen molar-refractivity contribution in [3.8, 4) is 11.3 Å². The molecule has 3 aromatic rings. The van der Waals surface area contributed by atoms with E-state index in [0.29, 0.717) is 4.88 Å². The van der Waals surface area contributed by atoms with E-state index in [9.17, 15) is 4.79 Å². The highest BCUT2D eigenvalue weighted by Crippen LogP contribution is 2.35. The van der Waals surface area contributed by atoms with Gasteiger partial charge in [0.1, 0.15) is 0 Å². The molecular formula is C21H22N2OS3. The van der Waals surface area contributed by atoms with Crippen LogP contribution in [0.2, 0.25) is 0 Å². The van der Waals surface area contributed by atoms with Crippen LogP contribution < -0.4 is 5.32 Å². The second kappa shape index (κ2) is 8.17. The Morgan fingerprint density at radius 1 is 1.19 bits per heavy atom. The number of nitrogens with one attached hydrogen (secondary N) is 1. The van der Waals surface area contributed by atoms with E-state index in [0.717, 1.165) is 32.9 Å². The smallest absolute Gasteiger partial charge is 0.226 e. The van der Waals surface area contributed by atoms with Gasteiger partial charge in [0.2, 0.25) is 5.12 Å². The van der Waals surface area contributed by atoms with Crippen LogP contribution in [0.25, 0.3) is 11.3 Å². The third-order valence-corrected chi connectivity index (χ3v) is 7.35. The molecule has 140 valence electrons. The number of hydrogen-bond acceptors (Lipinski definition) is 5. The maximum atomic E-state index is 11.5. The van der Waals surface area contributed by atoms with Gasteiger partial charge < -0.3 is 5.32 Å². The maximum Gasteiger partial charge on any atom is 0.226 e. The Bertz CT molecular complexity index is 937. The molecule has 6 heteroatoms. The van der Waals surface area contributed by atoms with Crippen molar-refractivity contribution in [3.05, 3.63) is 51.0 Å². The van der Waals surface area contributed by atoms with Crippen molar-refractivity contribution in [1.82, 2.24) is 4.98 Å². The van der Waals surface area contributed by atoms with Gasteiger partial charge in [-0.1, -0.05) is 44.0 Å². The van der Waals surface area contributed by atoms with Crippen molar-refractivity contribution in [1.29, 1.82) is 0 Å². The lowest BCUT2D eigenvalue weighted by molar-refractivity contribution is 0.109. The molecule has 0 atom stereocenters. The summed E-state index contributed by atoms with van der Waals surface area (Å²) in [7, 11) is 0. The first-order valence-electron chi connectivity index (χ1n) is 9.27. The number of carbonyl (C=O) groups is 1. The van der Waals surface area contributed by atoms with Gasteiger partial charge in [-0.2, -0.15) is 0 Å². The first kappa shape index (κ1) is 18.7. The molecule has 0 spiro atoms. The molecule has 0 saturated heterocycles. The van der Waals surface area contributed by atoms with E-state index in [4.69, 9.17) is 4.98 Å². The summed E-state index contributed by atoms with van der Waals surface area (Å²) in [5.74, 6) is 0.726. The molecule has 1 aromatic carbocycles. The maximum absolute atomic E-state index is 11.5. The Kier molecular flexibility index (Phi) is 5.66. The lowest BCUT2D eigenvalue weighted by Gasteiger charge is -2.22. The molecule has 0 radical (unpaired) electrons. The fourth-order valence-electron chi connectivity index (χ4n) is 3.69. The van der Waals surface area contributed by atoms with E-state index in [2.05, 4.69) is 42.2 Å². The van der Waals surface area contributed by atoms with E-state index in [1.165, 1.54) is 49.0 Å². The van der Waals surface area contributed by atoms with E-state index in [1.54, 1.807) is 11.3 Å². The van der Waals surface area contributed by atoms with Gasteiger partial charge >= 0.3 is 0 Å². The first-order valence-corrected chi connectivity index (χ1v) is 11.4. The number of nitrogens with zero attached hydrogens (tertiary/aromatic N) is 1. The summed E-state index contributed by atoms with van der Waals surface area (Å²) in [5.41, 5.74) is 4.42. The summed E-state index contributed by atoms with van der Waals surface area (Å²) in [6, 6.07) is 10.7. The topological polar surface area (TPSA) is 42.0 Å². The molecule has 4 rings (SSSR count). The average molecular weight is 415 g/mol. The number of thiazole rings is 1. The molecule has 2 heterocycles. The molecule has 0 amide bonds. The fraction of sp³-hybridized carbons (Fsp3) is 0.333. The van der Waals surface area contributed by atoms with Crippen LogP contribution in [0, 0.1) is 6.92 Å². The minimum atomic E-state index is -0.194. The summed E-state index contributed by atoms with van der Waals surface area (Å²) in [6.45, 7) is 2.01. The summed E-state index contributed by atoms with van der Waals surface area (Å²) < 4.78 is 0. The predicted molar refractivity (Wildman–Crippen MR) is 119 cm³/mol. The number of hydrogen-bond donors (Lipinski definition) is 2. The van der Waals surface area contributed by atoms with Crippen molar-refractivity contribution >= 4 is 51.2 Å². The van der Waals surface area contributed by atoms with Crippen LogP contribution in [0.1, 0.15) is 58.1 Å². The van der Waals surface area contributed by atoms with Crippen LogP contribution >= 0.6 is 35.3 Å². The van der Waals surface area contributed by atoms with E-state index in [1.807, 2.05) is 18.4 Å². The fourth-order valence-corrected chi connectivity index (χ4v) is 5.49. The minimum Gasteiger partial charge on any atom is -0.332 e. The highest BCUT2D eigenvalue weighted by molar-refractivity contribution is 7.97. The minimum absolute atomic E-state index is 0.194. The Morgan fingerprint density at radius 3 is 2.59 bits per heavy atom. The molecule has 1 aliphatic rings. The molecule has 3 nitrogen and oxygen atoms in total. The Morgan fingerprint density at radius 2 is 1.93 bits per heavy atom. The van der Waals surface area contributed by atoms with Gasteiger partial charge in [-0.25, -0.2) is 4.98 Å². The van der Waals surface area contributed by atoms with Gasteiger partial charge in [-0.3, -0.25) is 4.79 Å². The number of anilines is 2. The van der Waals surface area contributed by atoms with Crippen molar-refractivity contribution in [2.24, 2.45) is 0 Å². The van der Waals surface area contributed by atoms with Crippen LogP contribution in [-0.2, 0) is 0 Å². The number of aromatic nitrogens is 1. The quantitative estimate of drug-likeness (QED) is 0.440. The molecule has 1 fully saturated rings. The molecule has 27 heavy (non-hydrogen) atoms. The lowest BCUT2D eigenvalue weighted by atomic mass is 9.84. The summed E-state index contributed by atoms with van der Waals surface area (Å²) in [5, 5.41) is 6.10. The zero-order valence-electron chi connectivity index (χ0n) is 15.2. The summed E-state index contributed by atoms with van der Waals surface area (Å²) >= 11 is 6.96. The van der Waals surface area contributed by atoms with E-state index < -0.39 is 0 Å². The number of rotatable bonds is 5. The van der Waals surface area contributed by atoms with Crippen LogP contribution in [0.4, 0.5) is 10.8 Å². The average Bonchev–Trinajstić information content (AvgIpc) is 3.29. The Hall–Kier alpha value is -1.63. The monoisotopic (exact) mass is 414 g/mol. The molecule has 0 bridgehead atoms. The van der Waals surface area contributed by atoms with Gasteiger partial charge in [-0.05, 0) is 49.4 Å². The number of thiol groups is 1. The zero-order valence-corrected chi connectivity index (χ0v) is 17.7. The van der Waals surface area contributed by atoms with Crippen molar-refractivity contribution in [2.45, 2.75) is 44.9 Å². The first-order chi connectivity index (χ1) is 13.1. The van der Waals surface area contributed by atoms with Gasteiger partial charge in [0.25, 0.3) is 0 Å². The van der Waals surface area contributed by atoms with Crippen LogP contribution in [0.15, 0.2) is 35.7 Å². The normalized spacial score (nSPS) is 15.0. The molecule has 1 N–H and O–H groups in total. The van der Waals surface area contributed by atoms with Gasteiger partial charge in [0.05, 0.1) is 10.6 Å². The van der Waals surface area contributed by atoms with Crippen molar-refractivity contribution in [3.63, 3.8) is 0 Å². The highest BCUT2D eigenvalue weighted by Gasteiger charge is 2.16. The zero-order chi connectivity index (χ0) is 18.8. The second-order valence-electron chi connectivity index (χ2n) is 7.01. The molecular weight excluding hydrogens is 392 g/mol. The molecule has 2 aromatic heterocycles. The number of carbonyl (C=O) groups excluding carboxylic acids is 1. The van der Waals surface area contributed by atoms with Gasteiger partial charge in [0.15, 0.2) is 5.13 Å². The Balaban J connectivity index is 1.47. The largest absolute Gasteiger partial charge is 0.332 e. The van der Waals surface area contributed by atoms with Crippen LogP contribution in [-0.4, -0.2) is 10.1 Å². The number of thiophene rings is 1. The standard InChI is InChI=1S/C21H22N2OS3/c1-13-17(11-19(27-13)20(24)25)18-12-26-21(23-18)22-16-9-7-15(8-10-16)14-5-3-2-4-6-14/h7-12,14H,2-6H2,1H3,(H,22,23)(H,24,25). The van der Waals surface area contributed by atoms with Crippen LogP contribution in [0.3, 0.4) is 0 Å². The summed E-state index contributed by atoms with van der Waals surface area (Å²) in [6.07, 6.45) is 6.73. The summed E-state index contributed by atoms with van der Waals surface area (Å²) in [4.78, 5) is 17.9. The predicted octanol–water partition coefficient (Wildman–Crippen LogP) is 7.04. The van der Waals surface area contributed by atoms with E-state index >= 15 is 0 Å². The van der Waals surface area contributed by atoms with Crippen molar-refractivity contribution < 1.29 is 4.79 Å². The Labute approximate surface area is 173 Å². The molecule has 1 saturated carbocycles. The second-order valence-corrected chi connectivity index (χ2v) is 9.53. The third kappa shape index (κ3) is 4.28. The third-order valence-electron chi connectivity index (χ3n) is 5.15. The van der Waals surface area contributed by atoms with Crippen LogP contribution in [0.5, 0.6) is 0 Å². The highest BCUT2D eigenvalue weighted by atomic mass is 32.1. The van der Waals surface area contributed by atoms with Gasteiger partial charge in [-0.15, -0.1) is 22.7 Å². The van der Waals surface area contributed by atoms with E-state index in [-0.39, 0.29) is 5.12 Å². The molecule has 1 aliphatic carbocycles. The molecule has 0 unspecified atom stereocenters. The SMILES string of the molecule is Cc1sc(C(=O)S)cc1-c1csc(Nc2ccc(C3CCCCC3)cc2)n1. The number of benzene rings is 1. The number of aryl methyl sites for hydroxylation is 1.